The molecule has 0 bridgehead atoms. The van der Waals surface area contributed by atoms with E-state index in [1.807, 2.05) is 11.0 Å². The number of piperidine rings is 1. The number of aliphatic hydroxyl groups excluding tert-OH is 1. The Morgan fingerprint density at radius 2 is 2.06 bits per heavy atom. The number of hydrogen-bond acceptors (Lipinski definition) is 8. The highest BCUT2D eigenvalue weighted by molar-refractivity contribution is 7.92. The first-order valence-electron chi connectivity index (χ1n) is 10.2. The van der Waals surface area contributed by atoms with Crippen molar-refractivity contribution in [2.45, 2.75) is 36.6 Å². The van der Waals surface area contributed by atoms with Crippen LogP contribution in [0, 0.1) is 11.3 Å². The number of phenolic OH excluding ortho intramolecular Hbond substituents is 1. The van der Waals surface area contributed by atoms with Crippen molar-refractivity contribution in [1.82, 2.24) is 0 Å². The number of carbonyl (C=O) groups is 1. The molecular weight excluding hydrogens is 434 g/mol. The zero-order chi connectivity index (χ0) is 23.3. The third-order valence-electron chi connectivity index (χ3n) is 5.44. The van der Waals surface area contributed by atoms with Gasteiger partial charge in [0.2, 0.25) is 0 Å². The van der Waals surface area contributed by atoms with Gasteiger partial charge in [-0.25, -0.2) is 13.2 Å². The number of nitrogens with zero attached hydrogens (tertiary/aromatic N) is 2. The molecule has 1 aliphatic rings. The summed E-state index contributed by atoms with van der Waals surface area (Å²) >= 11 is 0. The molecule has 1 fully saturated rings. The maximum Gasteiger partial charge on any atom is 0.337 e. The molecule has 0 spiro atoms. The number of aromatic hydroxyl groups is 1. The quantitative estimate of drug-likeness (QED) is 0.537. The zero-order valence-corrected chi connectivity index (χ0v) is 18.4. The van der Waals surface area contributed by atoms with Gasteiger partial charge in [-0.2, -0.15) is 5.26 Å². The van der Waals surface area contributed by atoms with E-state index in [-0.39, 0.29) is 29.5 Å². The number of benzene rings is 2. The van der Waals surface area contributed by atoms with Gasteiger partial charge >= 0.3 is 5.97 Å². The van der Waals surface area contributed by atoms with Crippen LogP contribution in [0.5, 0.6) is 5.75 Å². The SMILES string of the molecule is COC(=O)c1ccc(O)c(S(=O)(=O)Nc2cc(C#N)ccc2N2CCCCC2CCO)c1. The fraction of sp³-hybridized carbons (Fsp3) is 0.364. The van der Waals surface area contributed by atoms with Gasteiger partial charge in [0.15, 0.2) is 0 Å². The summed E-state index contributed by atoms with van der Waals surface area (Å²) in [5.41, 5.74) is 0.983. The molecule has 32 heavy (non-hydrogen) atoms. The number of phenols is 1. The Morgan fingerprint density at radius 3 is 2.75 bits per heavy atom. The summed E-state index contributed by atoms with van der Waals surface area (Å²) in [6, 6.07) is 10.1. The van der Waals surface area contributed by atoms with Crippen molar-refractivity contribution in [3.8, 4) is 11.8 Å². The van der Waals surface area contributed by atoms with Gasteiger partial charge in [0.1, 0.15) is 10.6 Å². The molecule has 1 saturated heterocycles. The fourth-order valence-corrected chi connectivity index (χ4v) is 5.07. The first kappa shape index (κ1) is 23.4. The maximum atomic E-state index is 13.2. The van der Waals surface area contributed by atoms with Crippen LogP contribution < -0.4 is 9.62 Å². The number of hydrogen-bond donors (Lipinski definition) is 3. The van der Waals surface area contributed by atoms with Gasteiger partial charge in [-0.05, 0) is 62.1 Å². The molecule has 0 aliphatic carbocycles. The lowest BCUT2D eigenvalue weighted by Gasteiger charge is -2.38. The Bertz CT molecular complexity index is 1140. The minimum atomic E-state index is -4.32. The lowest BCUT2D eigenvalue weighted by molar-refractivity contribution is 0.0600. The predicted octanol–water partition coefficient (Wildman–Crippen LogP) is 2.59. The first-order chi connectivity index (χ1) is 15.3. The second kappa shape index (κ2) is 9.89. The van der Waals surface area contributed by atoms with E-state index in [1.54, 1.807) is 12.1 Å². The average molecular weight is 460 g/mol. The van der Waals surface area contributed by atoms with E-state index in [9.17, 15) is 28.7 Å². The van der Waals surface area contributed by atoms with Crippen LogP contribution >= 0.6 is 0 Å². The van der Waals surface area contributed by atoms with E-state index in [4.69, 9.17) is 0 Å². The smallest absolute Gasteiger partial charge is 0.337 e. The summed E-state index contributed by atoms with van der Waals surface area (Å²) in [5, 5.41) is 28.9. The minimum absolute atomic E-state index is 0.00665. The highest BCUT2D eigenvalue weighted by Crippen LogP contribution is 2.35. The standard InChI is InChI=1S/C22H25N3O6S/c1-31-22(28)16-6-8-20(27)21(13-16)32(29,30)24-18-12-15(14-23)5-7-19(18)25-10-3-2-4-17(25)9-11-26/h5-8,12-13,17,24,26-27H,2-4,9-11H2,1H3. The number of methoxy groups -OCH3 is 1. The molecule has 10 heteroatoms. The molecule has 1 heterocycles. The Labute approximate surface area is 186 Å². The molecule has 9 nitrogen and oxygen atoms in total. The largest absolute Gasteiger partial charge is 0.507 e. The molecule has 1 aliphatic heterocycles. The van der Waals surface area contributed by atoms with Crippen molar-refractivity contribution >= 4 is 27.4 Å². The Hall–Kier alpha value is -3.29. The Morgan fingerprint density at radius 1 is 1.28 bits per heavy atom. The first-order valence-corrected chi connectivity index (χ1v) is 11.6. The molecule has 0 radical (unpaired) electrons. The van der Waals surface area contributed by atoms with Gasteiger partial charge in [0.25, 0.3) is 10.0 Å². The topological polar surface area (TPSA) is 140 Å². The van der Waals surface area contributed by atoms with Crippen LogP contribution in [-0.2, 0) is 14.8 Å². The van der Waals surface area contributed by atoms with Crippen LogP contribution in [0.25, 0.3) is 0 Å². The normalized spacial score (nSPS) is 16.3. The molecule has 3 N–H and O–H groups in total. The van der Waals surface area contributed by atoms with Crippen molar-refractivity contribution in [3.05, 3.63) is 47.5 Å². The summed E-state index contributed by atoms with van der Waals surface area (Å²) < 4.78 is 33.4. The maximum absolute atomic E-state index is 13.2. The van der Waals surface area contributed by atoms with E-state index in [1.165, 1.54) is 19.2 Å². The average Bonchev–Trinajstić information content (AvgIpc) is 2.79. The Balaban J connectivity index is 2.04. The highest BCUT2D eigenvalue weighted by atomic mass is 32.2. The molecular formula is C22H25N3O6S. The summed E-state index contributed by atoms with van der Waals surface area (Å²) in [6.07, 6.45) is 3.31. The number of nitrogens with one attached hydrogen (secondary N) is 1. The molecule has 2 aromatic carbocycles. The van der Waals surface area contributed by atoms with Crippen molar-refractivity contribution in [2.24, 2.45) is 0 Å². The van der Waals surface area contributed by atoms with E-state index >= 15 is 0 Å². The monoisotopic (exact) mass is 459 g/mol. The summed E-state index contributed by atoms with van der Waals surface area (Å²) in [7, 11) is -3.15. The molecule has 170 valence electrons. The summed E-state index contributed by atoms with van der Waals surface area (Å²) in [6.45, 7) is 0.682. The Kier molecular flexibility index (Phi) is 7.22. The summed E-state index contributed by atoms with van der Waals surface area (Å²) in [5.74, 6) is -1.27. The van der Waals surface area contributed by atoms with Crippen LogP contribution in [0.15, 0.2) is 41.3 Å². The van der Waals surface area contributed by atoms with Crippen LogP contribution in [0.3, 0.4) is 0 Å². The number of aliphatic hydroxyl groups is 1. The van der Waals surface area contributed by atoms with Crippen molar-refractivity contribution < 1.29 is 28.2 Å². The number of ether oxygens (including phenoxy) is 1. The van der Waals surface area contributed by atoms with Gasteiger partial charge in [0.05, 0.1) is 35.7 Å². The van der Waals surface area contributed by atoms with E-state index in [0.717, 1.165) is 31.4 Å². The molecule has 0 saturated carbocycles. The lowest BCUT2D eigenvalue weighted by Crippen LogP contribution is -2.40. The highest BCUT2D eigenvalue weighted by Gasteiger charge is 2.27. The number of rotatable bonds is 7. The molecule has 3 rings (SSSR count). The number of esters is 1. The minimum Gasteiger partial charge on any atom is -0.507 e. The second-order valence-corrected chi connectivity index (χ2v) is 9.13. The number of nitriles is 1. The molecule has 2 aromatic rings. The number of carbonyl (C=O) groups excluding carboxylic acids is 1. The van der Waals surface area contributed by atoms with Crippen LogP contribution in [0.4, 0.5) is 11.4 Å². The summed E-state index contributed by atoms with van der Waals surface area (Å²) in [4.78, 5) is 13.4. The van der Waals surface area contributed by atoms with E-state index in [0.29, 0.717) is 18.7 Å². The lowest BCUT2D eigenvalue weighted by atomic mass is 9.98. The van der Waals surface area contributed by atoms with Crippen LogP contribution in [-0.4, -0.2) is 50.9 Å². The van der Waals surface area contributed by atoms with Crippen LogP contribution in [0.1, 0.15) is 41.6 Å². The second-order valence-electron chi connectivity index (χ2n) is 7.48. The van der Waals surface area contributed by atoms with Gasteiger partial charge in [-0.1, -0.05) is 0 Å². The third-order valence-corrected chi connectivity index (χ3v) is 6.83. The predicted molar refractivity (Wildman–Crippen MR) is 118 cm³/mol. The van der Waals surface area contributed by atoms with E-state index < -0.39 is 26.6 Å². The van der Waals surface area contributed by atoms with Crippen LogP contribution in [0.2, 0.25) is 0 Å². The third kappa shape index (κ3) is 4.95. The van der Waals surface area contributed by atoms with Gasteiger partial charge < -0.3 is 19.8 Å². The number of anilines is 2. The van der Waals surface area contributed by atoms with E-state index in [2.05, 4.69) is 9.46 Å². The molecule has 1 unspecified atom stereocenters. The molecule has 0 amide bonds. The van der Waals surface area contributed by atoms with Crippen molar-refractivity contribution in [2.75, 3.05) is 29.9 Å². The van der Waals surface area contributed by atoms with Gasteiger partial charge in [-0.15, -0.1) is 0 Å². The molecule has 1 atom stereocenters. The van der Waals surface area contributed by atoms with Crippen molar-refractivity contribution in [1.29, 1.82) is 5.26 Å². The molecule has 0 aromatic heterocycles. The van der Waals surface area contributed by atoms with Gasteiger partial charge in [-0.3, -0.25) is 4.72 Å². The fourth-order valence-electron chi connectivity index (χ4n) is 3.88. The number of sulfonamides is 1. The van der Waals surface area contributed by atoms with Crippen molar-refractivity contribution in [3.63, 3.8) is 0 Å². The van der Waals surface area contributed by atoms with Gasteiger partial charge in [0, 0.05) is 19.2 Å². The zero-order valence-electron chi connectivity index (χ0n) is 17.6.